The second-order valence-corrected chi connectivity index (χ2v) is 7.18. The van der Waals surface area contributed by atoms with Gasteiger partial charge >= 0.3 is 6.03 Å². The number of piperidine rings is 1. The lowest BCUT2D eigenvalue weighted by Crippen LogP contribution is -2.48. The Kier molecular flexibility index (Phi) is 7.13. The molecule has 3 amide bonds. The Labute approximate surface area is 133 Å². The van der Waals surface area contributed by atoms with Crippen LogP contribution in [-0.2, 0) is 4.79 Å². The van der Waals surface area contributed by atoms with Crippen molar-refractivity contribution in [3.63, 3.8) is 0 Å². The molecule has 2 N–H and O–H groups in total. The number of carbonyl (C=O) groups excluding carboxylic acids is 2. The van der Waals surface area contributed by atoms with Gasteiger partial charge in [-0.05, 0) is 31.1 Å². The molecule has 6 nitrogen and oxygen atoms in total. The number of hydrogen-bond acceptors (Lipinski definition) is 3. The van der Waals surface area contributed by atoms with Crippen LogP contribution in [0.1, 0.15) is 39.5 Å². The number of aliphatic hydroxyl groups excluding tert-OH is 1. The zero-order valence-electron chi connectivity index (χ0n) is 14.4. The van der Waals surface area contributed by atoms with Gasteiger partial charge in [0.15, 0.2) is 0 Å². The quantitative estimate of drug-likeness (QED) is 0.726. The van der Waals surface area contributed by atoms with E-state index in [-0.39, 0.29) is 29.9 Å². The van der Waals surface area contributed by atoms with Crippen molar-refractivity contribution in [2.45, 2.75) is 39.5 Å². The summed E-state index contributed by atoms with van der Waals surface area (Å²) in [5, 5.41) is 12.2. The first kappa shape index (κ1) is 18.7. The average molecular weight is 313 g/mol. The second-order valence-electron chi connectivity index (χ2n) is 7.18. The molecule has 1 aliphatic heterocycles. The summed E-state index contributed by atoms with van der Waals surface area (Å²) < 4.78 is 0. The fourth-order valence-electron chi connectivity index (χ4n) is 2.65. The molecule has 0 radical (unpaired) electrons. The molecule has 0 aromatic carbocycles. The van der Waals surface area contributed by atoms with Crippen LogP contribution in [0.2, 0.25) is 0 Å². The first-order valence-electron chi connectivity index (χ1n) is 8.11. The summed E-state index contributed by atoms with van der Waals surface area (Å²) in [4.78, 5) is 27.5. The minimum atomic E-state index is -0.108. The highest BCUT2D eigenvalue weighted by Crippen LogP contribution is 2.21. The maximum Gasteiger partial charge on any atom is 0.319 e. The molecule has 0 aliphatic carbocycles. The van der Waals surface area contributed by atoms with Gasteiger partial charge in [-0.1, -0.05) is 13.8 Å². The van der Waals surface area contributed by atoms with Crippen molar-refractivity contribution in [1.29, 1.82) is 0 Å². The highest BCUT2D eigenvalue weighted by molar-refractivity contribution is 5.80. The summed E-state index contributed by atoms with van der Waals surface area (Å²) in [6.45, 7) is 6.05. The molecule has 0 saturated carbocycles. The molecule has 0 spiro atoms. The molecule has 0 aromatic rings. The molecule has 1 atom stereocenters. The minimum Gasteiger partial charge on any atom is -0.396 e. The number of urea groups is 1. The number of nitrogens with zero attached hydrogens (tertiary/aromatic N) is 2. The largest absolute Gasteiger partial charge is 0.396 e. The van der Waals surface area contributed by atoms with Crippen LogP contribution < -0.4 is 5.32 Å². The van der Waals surface area contributed by atoms with Gasteiger partial charge in [-0.3, -0.25) is 4.79 Å². The van der Waals surface area contributed by atoms with Gasteiger partial charge in [0.2, 0.25) is 5.91 Å². The van der Waals surface area contributed by atoms with Gasteiger partial charge in [0.25, 0.3) is 0 Å². The Morgan fingerprint density at radius 2 is 2.05 bits per heavy atom. The topological polar surface area (TPSA) is 72.9 Å². The zero-order valence-corrected chi connectivity index (χ0v) is 14.4. The summed E-state index contributed by atoms with van der Waals surface area (Å²) in [5.41, 5.74) is -0.0928. The summed E-state index contributed by atoms with van der Waals surface area (Å²) in [5.74, 6) is -0.0680. The van der Waals surface area contributed by atoms with E-state index in [0.717, 1.165) is 32.2 Å². The average Bonchev–Trinajstić information content (AvgIpc) is 2.50. The van der Waals surface area contributed by atoms with Crippen LogP contribution in [0.15, 0.2) is 0 Å². The summed E-state index contributed by atoms with van der Waals surface area (Å²) in [6, 6.07) is -0.0257. The highest BCUT2D eigenvalue weighted by Gasteiger charge is 2.28. The maximum atomic E-state index is 12.2. The predicted octanol–water partition coefficient (Wildman–Crippen LogP) is 1.29. The lowest BCUT2D eigenvalue weighted by molar-refractivity contribution is -0.126. The van der Waals surface area contributed by atoms with Crippen molar-refractivity contribution in [3.8, 4) is 0 Å². The molecular weight excluding hydrogens is 282 g/mol. The lowest BCUT2D eigenvalue weighted by Gasteiger charge is -2.33. The SMILES string of the molecule is CN(C)C(=O)N1CCC[C@@H](C(=O)NCCCC(C)(C)CO)C1. The van der Waals surface area contributed by atoms with Gasteiger partial charge in [-0.2, -0.15) is 0 Å². The van der Waals surface area contributed by atoms with Crippen LogP contribution in [0, 0.1) is 11.3 Å². The van der Waals surface area contributed by atoms with Crippen molar-refractivity contribution in [2.75, 3.05) is 40.3 Å². The third-order valence-electron chi connectivity index (χ3n) is 4.20. The Morgan fingerprint density at radius 3 is 2.64 bits per heavy atom. The van der Waals surface area contributed by atoms with Crippen LogP contribution in [0.4, 0.5) is 4.79 Å². The zero-order chi connectivity index (χ0) is 16.8. The molecule has 0 aromatic heterocycles. The Balaban J connectivity index is 2.34. The molecule has 1 aliphatic rings. The Bertz CT molecular complexity index is 383. The van der Waals surface area contributed by atoms with Crippen molar-refractivity contribution >= 4 is 11.9 Å². The van der Waals surface area contributed by atoms with E-state index < -0.39 is 0 Å². The van der Waals surface area contributed by atoms with Gasteiger partial charge in [-0.25, -0.2) is 4.79 Å². The third kappa shape index (κ3) is 5.83. The van der Waals surface area contributed by atoms with Crippen LogP contribution in [0.5, 0.6) is 0 Å². The van der Waals surface area contributed by atoms with Gasteiger partial charge in [0.05, 0.1) is 5.92 Å². The van der Waals surface area contributed by atoms with E-state index >= 15 is 0 Å². The summed E-state index contributed by atoms with van der Waals surface area (Å²) in [7, 11) is 3.46. The fraction of sp³-hybridized carbons (Fsp3) is 0.875. The van der Waals surface area contributed by atoms with E-state index in [2.05, 4.69) is 5.32 Å². The molecule has 0 unspecified atom stereocenters. The molecule has 6 heteroatoms. The summed E-state index contributed by atoms with van der Waals surface area (Å²) >= 11 is 0. The van der Waals surface area contributed by atoms with Crippen LogP contribution in [0.3, 0.4) is 0 Å². The molecule has 1 saturated heterocycles. The summed E-state index contributed by atoms with van der Waals surface area (Å²) in [6.07, 6.45) is 3.44. The molecule has 1 fully saturated rings. The van der Waals surface area contributed by atoms with Crippen molar-refractivity contribution < 1.29 is 14.7 Å². The number of carbonyl (C=O) groups is 2. The van der Waals surface area contributed by atoms with Crippen molar-refractivity contribution in [3.05, 3.63) is 0 Å². The molecule has 0 bridgehead atoms. The number of amides is 3. The molecule has 128 valence electrons. The molecular formula is C16H31N3O3. The smallest absolute Gasteiger partial charge is 0.319 e. The Hall–Kier alpha value is -1.30. The minimum absolute atomic E-state index is 0.0257. The number of aliphatic hydroxyl groups is 1. The standard InChI is InChI=1S/C16H31N3O3/c1-16(2,12-20)8-6-9-17-14(21)13-7-5-10-19(11-13)15(22)18(3)4/h13,20H,5-12H2,1-4H3,(H,17,21)/t13-/m1/s1. The predicted molar refractivity (Wildman–Crippen MR) is 86.5 cm³/mol. The molecule has 1 rings (SSSR count). The Morgan fingerprint density at radius 1 is 1.36 bits per heavy atom. The van der Waals surface area contributed by atoms with E-state index in [0.29, 0.717) is 13.1 Å². The molecule has 22 heavy (non-hydrogen) atoms. The highest BCUT2D eigenvalue weighted by atomic mass is 16.3. The van der Waals surface area contributed by atoms with E-state index in [4.69, 9.17) is 0 Å². The lowest BCUT2D eigenvalue weighted by atomic mass is 9.89. The molecule has 1 heterocycles. The third-order valence-corrected chi connectivity index (χ3v) is 4.20. The van der Waals surface area contributed by atoms with E-state index in [1.807, 2.05) is 13.8 Å². The first-order chi connectivity index (χ1) is 10.3. The number of likely N-dealkylation sites (tertiary alicyclic amines) is 1. The van der Waals surface area contributed by atoms with Crippen LogP contribution in [0.25, 0.3) is 0 Å². The normalized spacial score (nSPS) is 19.0. The van der Waals surface area contributed by atoms with Crippen molar-refractivity contribution in [1.82, 2.24) is 15.1 Å². The fourth-order valence-corrected chi connectivity index (χ4v) is 2.65. The van der Waals surface area contributed by atoms with Crippen LogP contribution in [-0.4, -0.2) is 67.2 Å². The second kappa shape index (κ2) is 8.36. The van der Waals surface area contributed by atoms with Gasteiger partial charge < -0.3 is 20.2 Å². The number of rotatable bonds is 6. The maximum absolute atomic E-state index is 12.2. The number of nitrogens with one attached hydrogen (secondary N) is 1. The monoisotopic (exact) mass is 313 g/mol. The first-order valence-corrected chi connectivity index (χ1v) is 8.11. The van der Waals surface area contributed by atoms with E-state index in [1.54, 1.807) is 23.9 Å². The van der Waals surface area contributed by atoms with E-state index in [1.165, 1.54) is 0 Å². The van der Waals surface area contributed by atoms with Gasteiger partial charge in [0, 0.05) is 40.3 Å². The van der Waals surface area contributed by atoms with E-state index in [9.17, 15) is 14.7 Å². The van der Waals surface area contributed by atoms with Gasteiger partial charge in [-0.15, -0.1) is 0 Å². The van der Waals surface area contributed by atoms with Crippen molar-refractivity contribution in [2.24, 2.45) is 11.3 Å². The van der Waals surface area contributed by atoms with Gasteiger partial charge in [0.1, 0.15) is 0 Å². The van der Waals surface area contributed by atoms with Crippen LogP contribution >= 0.6 is 0 Å². The number of hydrogen-bond donors (Lipinski definition) is 2.